The van der Waals surface area contributed by atoms with Crippen molar-refractivity contribution >= 4 is 66.7 Å². The minimum Gasteiger partial charge on any atom is -0.453 e. The maximum atomic E-state index is 6.28. The Kier molecular flexibility index (Phi) is 5.28. The summed E-state index contributed by atoms with van der Waals surface area (Å²) in [5, 5.41) is 4.45. The molecule has 46 heavy (non-hydrogen) atoms. The van der Waals surface area contributed by atoms with Crippen LogP contribution in [0, 0.1) is 0 Å². The number of rotatable bonds is 2. The summed E-state index contributed by atoms with van der Waals surface area (Å²) in [6, 6.07) is 47.2. The second-order valence-corrected chi connectivity index (χ2v) is 11.9. The van der Waals surface area contributed by atoms with Gasteiger partial charge in [0.1, 0.15) is 0 Å². The molecule has 0 saturated heterocycles. The molecule has 0 aliphatic carbocycles. The summed E-state index contributed by atoms with van der Waals surface area (Å²) >= 11 is 0. The van der Waals surface area contributed by atoms with Gasteiger partial charge in [-0.3, -0.25) is 9.97 Å². The van der Waals surface area contributed by atoms with Gasteiger partial charge >= 0.3 is 0 Å². The predicted octanol–water partition coefficient (Wildman–Crippen LogP) is 10.9. The van der Waals surface area contributed by atoms with E-state index in [0.29, 0.717) is 0 Å². The second kappa shape index (κ2) is 9.65. The van der Waals surface area contributed by atoms with E-state index in [2.05, 4.69) is 119 Å². The number of anilines is 6. The van der Waals surface area contributed by atoms with Crippen molar-refractivity contribution in [2.24, 2.45) is 0 Å². The predicted molar refractivity (Wildman–Crippen MR) is 187 cm³/mol. The summed E-state index contributed by atoms with van der Waals surface area (Å²) in [4.78, 5) is 14.5. The van der Waals surface area contributed by atoms with E-state index in [-0.39, 0.29) is 0 Å². The highest BCUT2D eigenvalue weighted by Crippen LogP contribution is 2.51. The Balaban J connectivity index is 1.20. The van der Waals surface area contributed by atoms with Gasteiger partial charge in [0.05, 0.1) is 22.4 Å². The van der Waals surface area contributed by atoms with Gasteiger partial charge in [0.15, 0.2) is 11.5 Å². The van der Waals surface area contributed by atoms with Crippen molar-refractivity contribution in [3.63, 3.8) is 0 Å². The first-order valence-corrected chi connectivity index (χ1v) is 15.5. The van der Waals surface area contributed by atoms with Gasteiger partial charge in [0.2, 0.25) is 0 Å². The van der Waals surface area contributed by atoms with E-state index in [0.717, 1.165) is 73.2 Å². The standard InChI is InChI=1S/C41H26N4O/c1-3-11-34-26(9-1)23-27-10-2-4-12-35(27)44(34)28-17-19-30-31-20-18-29(25-33(31)41-40(32(30)24-28)42-21-22-43-41)45-36-13-5-7-15-38(36)46-39-16-8-6-14-37(39)45/h1-22,24-25H,23H2. The fourth-order valence-electron chi connectivity index (χ4n) is 7.29. The normalized spacial score (nSPS) is 13.2. The third-order valence-electron chi connectivity index (χ3n) is 9.30. The molecule has 8 aromatic rings. The maximum Gasteiger partial charge on any atom is 0.151 e. The number of benzene rings is 7. The SMILES string of the molecule is c1ccc2c(c1)Cc1ccccc1N2c1ccc2c3ccc(N4c5ccccc5Oc5ccccc54)cc3c3nccnc3c2c1. The van der Waals surface area contributed by atoms with Gasteiger partial charge in [0.25, 0.3) is 0 Å². The molecule has 0 saturated carbocycles. The number of hydrogen-bond donors (Lipinski definition) is 0. The molecule has 2 aliphatic heterocycles. The van der Waals surface area contributed by atoms with Crippen molar-refractivity contribution in [1.82, 2.24) is 9.97 Å². The maximum absolute atomic E-state index is 6.28. The summed E-state index contributed by atoms with van der Waals surface area (Å²) in [5.41, 5.74) is 11.0. The lowest BCUT2D eigenvalue weighted by molar-refractivity contribution is 0.477. The van der Waals surface area contributed by atoms with Gasteiger partial charge in [-0.2, -0.15) is 0 Å². The van der Waals surface area contributed by atoms with E-state index < -0.39 is 0 Å². The van der Waals surface area contributed by atoms with Crippen molar-refractivity contribution in [3.8, 4) is 11.5 Å². The first-order chi connectivity index (χ1) is 22.8. The molecule has 0 atom stereocenters. The molecular formula is C41H26N4O. The first kappa shape index (κ1) is 25.2. The van der Waals surface area contributed by atoms with Crippen LogP contribution in [0.1, 0.15) is 11.1 Å². The van der Waals surface area contributed by atoms with Gasteiger partial charge in [-0.25, -0.2) is 0 Å². The number of fused-ring (bicyclic) bond motifs is 10. The average Bonchev–Trinajstić information content (AvgIpc) is 3.12. The van der Waals surface area contributed by atoms with Gasteiger partial charge in [0, 0.05) is 52.3 Å². The molecule has 0 unspecified atom stereocenters. The van der Waals surface area contributed by atoms with Crippen LogP contribution in [0.5, 0.6) is 11.5 Å². The Labute approximate surface area is 265 Å². The van der Waals surface area contributed by atoms with E-state index in [4.69, 9.17) is 14.7 Å². The van der Waals surface area contributed by atoms with Crippen LogP contribution in [0.2, 0.25) is 0 Å². The molecular weight excluding hydrogens is 564 g/mol. The zero-order chi connectivity index (χ0) is 30.2. The van der Waals surface area contributed by atoms with Crippen LogP contribution in [-0.4, -0.2) is 9.97 Å². The van der Waals surface area contributed by atoms with E-state index >= 15 is 0 Å². The second-order valence-electron chi connectivity index (χ2n) is 11.9. The summed E-state index contributed by atoms with van der Waals surface area (Å²) in [5.74, 6) is 1.66. The third-order valence-corrected chi connectivity index (χ3v) is 9.30. The highest BCUT2D eigenvalue weighted by atomic mass is 16.5. The molecule has 2 aliphatic rings. The zero-order valence-corrected chi connectivity index (χ0v) is 24.8. The lowest BCUT2D eigenvalue weighted by Crippen LogP contribution is -2.18. The zero-order valence-electron chi connectivity index (χ0n) is 24.8. The molecule has 5 heteroatoms. The third kappa shape index (κ3) is 3.63. The summed E-state index contributed by atoms with van der Waals surface area (Å²) < 4.78 is 6.28. The first-order valence-electron chi connectivity index (χ1n) is 15.5. The fourth-order valence-corrected chi connectivity index (χ4v) is 7.29. The van der Waals surface area contributed by atoms with Crippen molar-refractivity contribution < 1.29 is 4.74 Å². The molecule has 5 nitrogen and oxygen atoms in total. The number of aromatic nitrogens is 2. The number of ether oxygens (including phenoxy) is 1. The number of nitrogens with zero attached hydrogens (tertiary/aromatic N) is 4. The van der Waals surface area contributed by atoms with Crippen LogP contribution in [0.25, 0.3) is 32.6 Å². The Bertz CT molecular complexity index is 2240. The lowest BCUT2D eigenvalue weighted by atomic mass is 9.94. The monoisotopic (exact) mass is 590 g/mol. The van der Waals surface area contributed by atoms with E-state index in [9.17, 15) is 0 Å². The Morgan fingerprint density at radius 2 is 0.870 bits per heavy atom. The van der Waals surface area contributed by atoms with Crippen LogP contribution in [0.4, 0.5) is 34.1 Å². The van der Waals surface area contributed by atoms with Gasteiger partial charge < -0.3 is 14.5 Å². The number of hydrogen-bond acceptors (Lipinski definition) is 5. The van der Waals surface area contributed by atoms with E-state index in [1.54, 1.807) is 12.4 Å². The van der Waals surface area contributed by atoms with Crippen molar-refractivity contribution in [3.05, 3.63) is 157 Å². The van der Waals surface area contributed by atoms with Gasteiger partial charge in [-0.05, 0) is 82.6 Å². The minimum atomic E-state index is 0.831. The topological polar surface area (TPSA) is 41.5 Å². The summed E-state index contributed by atoms with van der Waals surface area (Å²) in [6.07, 6.45) is 4.51. The quantitative estimate of drug-likeness (QED) is 0.187. The highest BCUT2D eigenvalue weighted by Gasteiger charge is 2.27. The van der Waals surface area contributed by atoms with Crippen LogP contribution >= 0.6 is 0 Å². The molecule has 3 heterocycles. The minimum absolute atomic E-state index is 0.831. The lowest BCUT2D eigenvalue weighted by Gasteiger charge is -2.33. The van der Waals surface area contributed by atoms with Gasteiger partial charge in [-0.15, -0.1) is 0 Å². The van der Waals surface area contributed by atoms with Gasteiger partial charge in [-0.1, -0.05) is 72.8 Å². The van der Waals surface area contributed by atoms with Crippen LogP contribution in [0.3, 0.4) is 0 Å². The molecule has 0 radical (unpaired) electrons. The van der Waals surface area contributed by atoms with E-state index in [1.807, 2.05) is 24.3 Å². The number of para-hydroxylation sites is 6. The molecule has 7 aromatic carbocycles. The Morgan fingerprint density at radius 3 is 1.39 bits per heavy atom. The van der Waals surface area contributed by atoms with Crippen molar-refractivity contribution in [2.45, 2.75) is 6.42 Å². The molecule has 0 N–H and O–H groups in total. The Morgan fingerprint density at radius 1 is 0.435 bits per heavy atom. The van der Waals surface area contributed by atoms with Crippen LogP contribution in [-0.2, 0) is 6.42 Å². The smallest absolute Gasteiger partial charge is 0.151 e. The van der Waals surface area contributed by atoms with E-state index in [1.165, 1.54) is 22.5 Å². The molecule has 10 rings (SSSR count). The molecule has 0 spiro atoms. The largest absolute Gasteiger partial charge is 0.453 e. The van der Waals surface area contributed by atoms with Crippen molar-refractivity contribution in [2.75, 3.05) is 9.80 Å². The summed E-state index contributed by atoms with van der Waals surface area (Å²) in [6.45, 7) is 0. The molecule has 0 bridgehead atoms. The Hall–Kier alpha value is -6.20. The fraction of sp³-hybridized carbons (Fsp3) is 0.0244. The van der Waals surface area contributed by atoms with Crippen molar-refractivity contribution in [1.29, 1.82) is 0 Å². The summed E-state index contributed by atoms with van der Waals surface area (Å²) in [7, 11) is 0. The molecule has 0 amide bonds. The molecule has 216 valence electrons. The molecule has 1 aromatic heterocycles. The van der Waals surface area contributed by atoms with Crippen LogP contribution < -0.4 is 14.5 Å². The molecule has 0 fully saturated rings. The highest BCUT2D eigenvalue weighted by molar-refractivity contribution is 6.24. The average molecular weight is 591 g/mol. The van der Waals surface area contributed by atoms with Crippen LogP contribution in [0.15, 0.2) is 146 Å².